The van der Waals surface area contributed by atoms with Gasteiger partial charge in [-0.15, -0.1) is 0 Å². The molecule has 0 radical (unpaired) electrons. The molecule has 30 heavy (non-hydrogen) atoms. The summed E-state index contributed by atoms with van der Waals surface area (Å²) < 4.78 is 7.16. The second-order valence-corrected chi connectivity index (χ2v) is 7.85. The van der Waals surface area contributed by atoms with Crippen molar-refractivity contribution < 1.29 is 9.53 Å². The van der Waals surface area contributed by atoms with E-state index in [1.807, 2.05) is 59.5 Å². The number of methoxy groups -OCH3 is 1. The van der Waals surface area contributed by atoms with Crippen molar-refractivity contribution in [3.63, 3.8) is 0 Å². The maximum absolute atomic E-state index is 13.2. The molecule has 1 saturated heterocycles. The SMILES string of the molecule is COc1ccc([C@@H]2CCCCCN2C(=O)CCc2cnn(-c3ccccc3)c2)cc1. The van der Waals surface area contributed by atoms with Gasteiger partial charge in [-0.1, -0.05) is 43.2 Å². The lowest BCUT2D eigenvalue weighted by Crippen LogP contribution is -2.35. The predicted octanol–water partition coefficient (Wildman–Crippen LogP) is 4.96. The van der Waals surface area contributed by atoms with E-state index in [9.17, 15) is 4.79 Å². The number of likely N-dealkylation sites (tertiary alicyclic amines) is 1. The molecule has 0 N–H and O–H groups in total. The monoisotopic (exact) mass is 403 g/mol. The molecule has 0 saturated carbocycles. The molecule has 1 amide bonds. The van der Waals surface area contributed by atoms with Crippen molar-refractivity contribution in [1.29, 1.82) is 0 Å². The Hall–Kier alpha value is -3.08. The normalized spacial score (nSPS) is 16.8. The van der Waals surface area contributed by atoms with Gasteiger partial charge >= 0.3 is 0 Å². The van der Waals surface area contributed by atoms with Crippen LogP contribution in [0.1, 0.15) is 49.3 Å². The highest BCUT2D eigenvalue weighted by Gasteiger charge is 2.26. The van der Waals surface area contributed by atoms with Gasteiger partial charge in [0.2, 0.25) is 5.91 Å². The number of hydrogen-bond donors (Lipinski definition) is 0. The lowest BCUT2D eigenvalue weighted by Gasteiger charge is -2.30. The van der Waals surface area contributed by atoms with Crippen molar-refractivity contribution in [1.82, 2.24) is 14.7 Å². The third-order valence-corrected chi connectivity index (χ3v) is 5.86. The molecule has 5 nitrogen and oxygen atoms in total. The van der Waals surface area contributed by atoms with E-state index in [2.05, 4.69) is 22.1 Å². The zero-order valence-corrected chi connectivity index (χ0v) is 17.5. The number of para-hydroxylation sites is 1. The van der Waals surface area contributed by atoms with Crippen LogP contribution in [-0.4, -0.2) is 34.2 Å². The van der Waals surface area contributed by atoms with E-state index in [0.717, 1.165) is 42.8 Å². The van der Waals surface area contributed by atoms with Crippen LogP contribution < -0.4 is 4.74 Å². The standard InChI is InChI=1S/C25H29N3O2/c1-30-23-14-12-21(13-15-23)24-10-6-3-7-17-27(24)25(29)16-11-20-18-26-28(19-20)22-8-4-2-5-9-22/h2,4-5,8-9,12-15,18-19,24H,3,6-7,10-11,16-17H2,1H3/t24-/m0/s1. The highest BCUT2D eigenvalue weighted by molar-refractivity contribution is 5.77. The van der Waals surface area contributed by atoms with Crippen LogP contribution in [0.4, 0.5) is 0 Å². The quantitative estimate of drug-likeness (QED) is 0.585. The van der Waals surface area contributed by atoms with Crippen LogP contribution in [0.2, 0.25) is 0 Å². The molecule has 156 valence electrons. The molecule has 4 rings (SSSR count). The van der Waals surface area contributed by atoms with Crippen molar-refractivity contribution in [3.8, 4) is 11.4 Å². The van der Waals surface area contributed by atoms with Gasteiger partial charge in [-0.05, 0) is 54.7 Å². The molecule has 1 atom stereocenters. The summed E-state index contributed by atoms with van der Waals surface area (Å²) in [6.45, 7) is 0.832. The van der Waals surface area contributed by atoms with Gasteiger partial charge in [0.1, 0.15) is 5.75 Å². The summed E-state index contributed by atoms with van der Waals surface area (Å²) >= 11 is 0. The third kappa shape index (κ3) is 4.73. The van der Waals surface area contributed by atoms with Crippen LogP contribution in [0, 0.1) is 0 Å². The first-order valence-corrected chi connectivity index (χ1v) is 10.8. The second-order valence-electron chi connectivity index (χ2n) is 7.85. The van der Waals surface area contributed by atoms with Crippen molar-refractivity contribution in [2.45, 2.75) is 44.6 Å². The van der Waals surface area contributed by atoms with Crippen LogP contribution >= 0.6 is 0 Å². The van der Waals surface area contributed by atoms with Gasteiger partial charge in [-0.3, -0.25) is 4.79 Å². The number of hydrogen-bond acceptors (Lipinski definition) is 3. The van der Waals surface area contributed by atoms with E-state index < -0.39 is 0 Å². The van der Waals surface area contributed by atoms with Gasteiger partial charge in [0.25, 0.3) is 0 Å². The minimum absolute atomic E-state index is 0.151. The first-order chi connectivity index (χ1) is 14.7. The van der Waals surface area contributed by atoms with Crippen molar-refractivity contribution in [2.75, 3.05) is 13.7 Å². The number of carbonyl (C=O) groups is 1. The van der Waals surface area contributed by atoms with E-state index in [1.165, 1.54) is 12.0 Å². The van der Waals surface area contributed by atoms with Gasteiger partial charge in [-0.25, -0.2) is 4.68 Å². The molecule has 1 fully saturated rings. The first-order valence-electron chi connectivity index (χ1n) is 10.8. The van der Waals surface area contributed by atoms with E-state index in [1.54, 1.807) is 7.11 Å². The number of nitrogens with zero attached hydrogens (tertiary/aromatic N) is 3. The number of amides is 1. The Morgan fingerprint density at radius 2 is 1.87 bits per heavy atom. The molecule has 3 aromatic rings. The molecule has 5 heteroatoms. The van der Waals surface area contributed by atoms with Gasteiger partial charge < -0.3 is 9.64 Å². The molecule has 1 aliphatic heterocycles. The summed E-state index contributed by atoms with van der Waals surface area (Å²) in [6, 6.07) is 18.4. The summed E-state index contributed by atoms with van der Waals surface area (Å²) in [5.74, 6) is 1.07. The Labute approximate surface area is 178 Å². The molecule has 0 spiro atoms. The summed E-state index contributed by atoms with van der Waals surface area (Å²) in [5, 5.41) is 4.45. The van der Waals surface area contributed by atoms with Crippen LogP contribution in [0.15, 0.2) is 67.0 Å². The molecule has 0 aliphatic carbocycles. The van der Waals surface area contributed by atoms with E-state index in [-0.39, 0.29) is 11.9 Å². The minimum Gasteiger partial charge on any atom is -0.497 e. The average Bonchev–Trinajstić information content (AvgIpc) is 3.14. The van der Waals surface area contributed by atoms with Gasteiger partial charge in [0, 0.05) is 19.2 Å². The maximum Gasteiger partial charge on any atom is 0.223 e. The number of rotatable bonds is 6. The zero-order valence-electron chi connectivity index (χ0n) is 17.5. The molecule has 2 aromatic carbocycles. The minimum atomic E-state index is 0.151. The summed E-state index contributed by atoms with van der Waals surface area (Å²) in [6.07, 6.45) is 9.53. The fraction of sp³-hybridized carbons (Fsp3) is 0.360. The Morgan fingerprint density at radius 1 is 1.07 bits per heavy atom. The molecule has 0 unspecified atom stereocenters. The largest absolute Gasteiger partial charge is 0.497 e. The van der Waals surface area contributed by atoms with Crippen molar-refractivity contribution in [3.05, 3.63) is 78.1 Å². The highest BCUT2D eigenvalue weighted by Crippen LogP contribution is 2.31. The number of carbonyl (C=O) groups excluding carboxylic acids is 1. The van der Waals surface area contributed by atoms with Crippen molar-refractivity contribution in [2.24, 2.45) is 0 Å². The molecule has 1 aliphatic rings. The van der Waals surface area contributed by atoms with Crippen LogP contribution in [0.5, 0.6) is 5.75 Å². The Balaban J connectivity index is 1.43. The summed E-state index contributed by atoms with van der Waals surface area (Å²) in [7, 11) is 1.68. The smallest absolute Gasteiger partial charge is 0.223 e. The van der Waals surface area contributed by atoms with E-state index >= 15 is 0 Å². The Kier molecular flexibility index (Phi) is 6.47. The van der Waals surface area contributed by atoms with Crippen LogP contribution in [-0.2, 0) is 11.2 Å². The van der Waals surface area contributed by atoms with Crippen LogP contribution in [0.25, 0.3) is 5.69 Å². The second kappa shape index (κ2) is 9.61. The average molecular weight is 404 g/mol. The van der Waals surface area contributed by atoms with Gasteiger partial charge in [0.15, 0.2) is 0 Å². The summed E-state index contributed by atoms with van der Waals surface area (Å²) in [4.78, 5) is 15.3. The molecule has 1 aromatic heterocycles. The fourth-order valence-corrected chi connectivity index (χ4v) is 4.19. The predicted molar refractivity (Wildman–Crippen MR) is 118 cm³/mol. The van der Waals surface area contributed by atoms with E-state index in [4.69, 9.17) is 4.74 Å². The van der Waals surface area contributed by atoms with Crippen molar-refractivity contribution >= 4 is 5.91 Å². The number of ether oxygens (including phenoxy) is 1. The molecular formula is C25H29N3O2. The lowest BCUT2D eigenvalue weighted by molar-refractivity contribution is -0.133. The lowest BCUT2D eigenvalue weighted by atomic mass is 10.00. The number of aromatic nitrogens is 2. The Morgan fingerprint density at radius 3 is 2.63 bits per heavy atom. The third-order valence-electron chi connectivity index (χ3n) is 5.86. The van der Waals surface area contributed by atoms with Crippen LogP contribution in [0.3, 0.4) is 0 Å². The van der Waals surface area contributed by atoms with E-state index in [0.29, 0.717) is 12.8 Å². The van der Waals surface area contributed by atoms with Gasteiger partial charge in [-0.2, -0.15) is 5.10 Å². The highest BCUT2D eigenvalue weighted by atomic mass is 16.5. The molecule has 0 bridgehead atoms. The fourth-order valence-electron chi connectivity index (χ4n) is 4.19. The van der Waals surface area contributed by atoms with Gasteiger partial charge in [0.05, 0.1) is 25.0 Å². The Bertz CT molecular complexity index is 950. The maximum atomic E-state index is 13.2. The number of benzene rings is 2. The molecular weight excluding hydrogens is 374 g/mol. The number of aryl methyl sites for hydroxylation is 1. The topological polar surface area (TPSA) is 47.4 Å². The summed E-state index contributed by atoms with van der Waals surface area (Å²) in [5.41, 5.74) is 3.31. The zero-order chi connectivity index (χ0) is 20.8. The molecule has 2 heterocycles. The first kappa shape index (κ1) is 20.2.